The van der Waals surface area contributed by atoms with Gasteiger partial charge in [-0.25, -0.2) is 0 Å². The highest BCUT2D eigenvalue weighted by Crippen LogP contribution is 2.29. The van der Waals surface area contributed by atoms with Crippen molar-refractivity contribution in [3.63, 3.8) is 0 Å². The van der Waals surface area contributed by atoms with Crippen LogP contribution in [0.5, 0.6) is 0 Å². The molecule has 0 aliphatic carbocycles. The Bertz CT molecular complexity index is 250. The largest absolute Gasteiger partial charge is 0.364 e. The number of rotatable bonds is 3. The van der Waals surface area contributed by atoms with Crippen molar-refractivity contribution in [3.05, 3.63) is 11.6 Å². The van der Waals surface area contributed by atoms with Gasteiger partial charge in [-0.3, -0.25) is 0 Å². The highest BCUT2D eigenvalue weighted by molar-refractivity contribution is 5.10. The third-order valence-electron chi connectivity index (χ3n) is 2.94. The molecule has 2 nitrogen and oxygen atoms in total. The SMILES string of the molecule is CC(C/C=C1/CC(C)OC1O)CC(C)(C)C. The van der Waals surface area contributed by atoms with Crippen molar-refractivity contribution in [2.75, 3.05) is 0 Å². The predicted octanol–water partition coefficient (Wildman–Crippen LogP) is 3.50. The minimum absolute atomic E-state index is 0.166. The fourth-order valence-electron chi connectivity index (χ4n) is 2.45. The van der Waals surface area contributed by atoms with Gasteiger partial charge in [0.2, 0.25) is 0 Å². The third kappa shape index (κ3) is 4.67. The van der Waals surface area contributed by atoms with Gasteiger partial charge in [-0.2, -0.15) is 0 Å². The summed E-state index contributed by atoms with van der Waals surface area (Å²) in [6.07, 6.45) is 4.81. The number of allylic oxidation sites excluding steroid dienone is 1. The van der Waals surface area contributed by atoms with E-state index >= 15 is 0 Å². The summed E-state index contributed by atoms with van der Waals surface area (Å²) < 4.78 is 5.29. The summed E-state index contributed by atoms with van der Waals surface area (Å²) in [6, 6.07) is 0. The van der Waals surface area contributed by atoms with Crippen molar-refractivity contribution in [1.82, 2.24) is 0 Å². The second kappa shape index (κ2) is 5.33. The van der Waals surface area contributed by atoms with Gasteiger partial charge < -0.3 is 9.84 Å². The summed E-state index contributed by atoms with van der Waals surface area (Å²) in [4.78, 5) is 0. The summed E-state index contributed by atoms with van der Waals surface area (Å²) in [5, 5.41) is 9.61. The third-order valence-corrected chi connectivity index (χ3v) is 2.94. The first kappa shape index (κ1) is 13.7. The Kier molecular flexibility index (Phi) is 4.57. The van der Waals surface area contributed by atoms with Crippen LogP contribution in [0, 0.1) is 11.3 Å². The standard InChI is InChI=1S/C14H26O2/c1-10(9-14(3,4)5)6-7-12-8-11(2)16-13(12)15/h7,10-11,13,15H,6,8-9H2,1-5H3/b12-7-. The molecule has 0 aromatic carbocycles. The molecule has 3 atom stereocenters. The van der Waals surface area contributed by atoms with Crippen molar-refractivity contribution in [1.29, 1.82) is 0 Å². The lowest BCUT2D eigenvalue weighted by Gasteiger charge is -2.22. The van der Waals surface area contributed by atoms with Crippen LogP contribution in [0.2, 0.25) is 0 Å². The Labute approximate surface area is 99.7 Å². The zero-order chi connectivity index (χ0) is 12.3. The summed E-state index contributed by atoms with van der Waals surface area (Å²) in [5.41, 5.74) is 1.45. The van der Waals surface area contributed by atoms with Crippen LogP contribution >= 0.6 is 0 Å². The molecule has 1 aliphatic heterocycles. The lowest BCUT2D eigenvalue weighted by atomic mass is 9.84. The summed E-state index contributed by atoms with van der Waals surface area (Å²) in [6.45, 7) is 11.1. The number of hydrogen-bond donors (Lipinski definition) is 1. The van der Waals surface area contributed by atoms with Crippen LogP contribution in [0.1, 0.15) is 53.9 Å². The van der Waals surface area contributed by atoms with E-state index in [-0.39, 0.29) is 6.10 Å². The van der Waals surface area contributed by atoms with E-state index in [2.05, 4.69) is 33.8 Å². The van der Waals surface area contributed by atoms with Gasteiger partial charge in [0.05, 0.1) is 6.10 Å². The lowest BCUT2D eigenvalue weighted by Crippen LogP contribution is -2.11. The van der Waals surface area contributed by atoms with Crippen LogP contribution in [0.3, 0.4) is 0 Å². The average molecular weight is 226 g/mol. The second-order valence-corrected chi connectivity index (χ2v) is 6.39. The molecule has 0 aromatic heterocycles. The highest BCUT2D eigenvalue weighted by atomic mass is 16.6. The van der Waals surface area contributed by atoms with Gasteiger partial charge in [-0.15, -0.1) is 0 Å². The topological polar surface area (TPSA) is 29.5 Å². The molecule has 0 amide bonds. The van der Waals surface area contributed by atoms with Crippen LogP contribution < -0.4 is 0 Å². The van der Waals surface area contributed by atoms with Gasteiger partial charge in [0.1, 0.15) is 0 Å². The summed E-state index contributed by atoms with van der Waals surface area (Å²) in [5.74, 6) is 0.663. The number of ether oxygens (including phenoxy) is 1. The Hall–Kier alpha value is -0.340. The Morgan fingerprint density at radius 2 is 2.12 bits per heavy atom. The van der Waals surface area contributed by atoms with Crippen LogP contribution in [0.4, 0.5) is 0 Å². The molecule has 0 bridgehead atoms. The van der Waals surface area contributed by atoms with E-state index in [1.807, 2.05) is 6.92 Å². The van der Waals surface area contributed by atoms with Crippen LogP contribution in [-0.4, -0.2) is 17.5 Å². The molecule has 0 aromatic rings. The second-order valence-electron chi connectivity index (χ2n) is 6.39. The Morgan fingerprint density at radius 3 is 2.56 bits per heavy atom. The molecule has 0 spiro atoms. The smallest absolute Gasteiger partial charge is 0.177 e. The normalized spacial score (nSPS) is 31.0. The first-order valence-corrected chi connectivity index (χ1v) is 6.30. The van der Waals surface area contributed by atoms with Gasteiger partial charge in [0.15, 0.2) is 6.29 Å². The average Bonchev–Trinajstić information content (AvgIpc) is 2.38. The maximum Gasteiger partial charge on any atom is 0.177 e. The quantitative estimate of drug-likeness (QED) is 0.746. The van der Waals surface area contributed by atoms with Crippen molar-refractivity contribution in [2.45, 2.75) is 66.3 Å². The molecule has 1 saturated heterocycles. The molecule has 1 aliphatic rings. The molecule has 0 radical (unpaired) electrons. The Morgan fingerprint density at radius 1 is 1.50 bits per heavy atom. The van der Waals surface area contributed by atoms with Gasteiger partial charge in [-0.1, -0.05) is 33.8 Å². The van der Waals surface area contributed by atoms with Crippen molar-refractivity contribution >= 4 is 0 Å². The van der Waals surface area contributed by atoms with Crippen LogP contribution in [-0.2, 0) is 4.74 Å². The van der Waals surface area contributed by atoms with Crippen molar-refractivity contribution < 1.29 is 9.84 Å². The molecule has 1 fully saturated rings. The Balaban J connectivity index is 2.41. The van der Waals surface area contributed by atoms with Gasteiger partial charge in [0, 0.05) is 0 Å². The van der Waals surface area contributed by atoms with E-state index in [4.69, 9.17) is 4.74 Å². The molecule has 16 heavy (non-hydrogen) atoms. The minimum Gasteiger partial charge on any atom is -0.364 e. The van der Waals surface area contributed by atoms with Crippen molar-refractivity contribution in [2.24, 2.45) is 11.3 Å². The zero-order valence-corrected chi connectivity index (χ0v) is 11.3. The number of hydrogen-bond acceptors (Lipinski definition) is 2. The lowest BCUT2D eigenvalue weighted by molar-refractivity contribution is -0.0698. The first-order valence-electron chi connectivity index (χ1n) is 6.30. The number of aliphatic hydroxyl groups is 1. The molecule has 1 heterocycles. The molecular formula is C14H26O2. The highest BCUT2D eigenvalue weighted by Gasteiger charge is 2.25. The van der Waals surface area contributed by atoms with E-state index in [0.29, 0.717) is 11.3 Å². The van der Waals surface area contributed by atoms with Crippen molar-refractivity contribution in [3.8, 4) is 0 Å². The van der Waals surface area contributed by atoms with Gasteiger partial charge in [0.25, 0.3) is 0 Å². The molecule has 1 N–H and O–H groups in total. The monoisotopic (exact) mass is 226 g/mol. The van der Waals surface area contributed by atoms with Crippen LogP contribution in [0.25, 0.3) is 0 Å². The fourth-order valence-corrected chi connectivity index (χ4v) is 2.45. The van der Waals surface area contributed by atoms with E-state index in [1.165, 1.54) is 6.42 Å². The molecule has 3 unspecified atom stereocenters. The van der Waals surface area contributed by atoms with Crippen LogP contribution in [0.15, 0.2) is 11.6 Å². The maximum absolute atomic E-state index is 9.61. The first-order chi connectivity index (χ1) is 7.28. The molecular weight excluding hydrogens is 200 g/mol. The number of aliphatic hydroxyl groups excluding tert-OH is 1. The fraction of sp³-hybridized carbons (Fsp3) is 0.857. The van der Waals surface area contributed by atoms with E-state index in [0.717, 1.165) is 18.4 Å². The molecule has 94 valence electrons. The molecule has 0 saturated carbocycles. The summed E-state index contributed by atoms with van der Waals surface area (Å²) in [7, 11) is 0. The summed E-state index contributed by atoms with van der Waals surface area (Å²) >= 11 is 0. The maximum atomic E-state index is 9.61. The van der Waals surface area contributed by atoms with Gasteiger partial charge in [-0.05, 0) is 43.1 Å². The minimum atomic E-state index is -0.656. The van der Waals surface area contributed by atoms with Gasteiger partial charge >= 0.3 is 0 Å². The molecule has 2 heteroatoms. The zero-order valence-electron chi connectivity index (χ0n) is 11.3. The van der Waals surface area contributed by atoms with E-state index in [1.54, 1.807) is 0 Å². The van der Waals surface area contributed by atoms with E-state index < -0.39 is 6.29 Å². The predicted molar refractivity (Wildman–Crippen MR) is 67.1 cm³/mol. The van der Waals surface area contributed by atoms with E-state index in [9.17, 15) is 5.11 Å². The molecule has 1 rings (SSSR count).